The van der Waals surface area contributed by atoms with E-state index in [2.05, 4.69) is 12.2 Å². The molecule has 4 nitrogen and oxygen atoms in total. The van der Waals surface area contributed by atoms with Gasteiger partial charge in [-0.25, -0.2) is 0 Å². The van der Waals surface area contributed by atoms with E-state index in [-0.39, 0.29) is 24.0 Å². The molecule has 0 rings (SSSR count). The van der Waals surface area contributed by atoms with Gasteiger partial charge in [0.15, 0.2) is 0 Å². The third kappa shape index (κ3) is 12.7. The minimum absolute atomic E-state index is 0.0864. The highest BCUT2D eigenvalue weighted by Gasteiger charge is 2.20. The molecule has 0 aliphatic heterocycles. The molecule has 0 saturated carbocycles. The van der Waals surface area contributed by atoms with Gasteiger partial charge in [0.05, 0.1) is 6.04 Å². The summed E-state index contributed by atoms with van der Waals surface area (Å²) < 4.78 is 5.33. The van der Waals surface area contributed by atoms with Crippen molar-refractivity contribution in [2.24, 2.45) is 0 Å². The minimum atomic E-state index is -0.280. The quantitative estimate of drug-likeness (QED) is 0.406. The van der Waals surface area contributed by atoms with Crippen molar-refractivity contribution in [2.45, 2.75) is 104 Å². The highest BCUT2D eigenvalue weighted by atomic mass is 16.5. The maximum atomic E-state index is 11.2. The molecular weight excluding hydrogens is 278 g/mol. The number of amides is 1. The molecule has 1 amide bonds. The summed E-state index contributed by atoms with van der Waals surface area (Å²) in [6.45, 7) is 7.04. The van der Waals surface area contributed by atoms with Crippen molar-refractivity contribution in [1.82, 2.24) is 5.32 Å². The van der Waals surface area contributed by atoms with Crippen LogP contribution in [-0.2, 0) is 14.3 Å². The van der Waals surface area contributed by atoms with Crippen molar-refractivity contribution < 1.29 is 14.3 Å². The SMILES string of the molecule is CCCCCCCCCCCC(OC(C)=O)C(C)NC(C)=O. The topological polar surface area (TPSA) is 55.4 Å². The first-order valence-electron chi connectivity index (χ1n) is 8.91. The first-order valence-corrected chi connectivity index (χ1v) is 8.91. The molecule has 0 aliphatic rings. The summed E-state index contributed by atoms with van der Waals surface area (Å²) in [5.41, 5.74) is 0. The predicted octanol–water partition coefficient (Wildman–Crippen LogP) is 4.36. The molecule has 1 N–H and O–H groups in total. The van der Waals surface area contributed by atoms with Crippen LogP contribution in [0.2, 0.25) is 0 Å². The van der Waals surface area contributed by atoms with Gasteiger partial charge in [-0.2, -0.15) is 0 Å². The van der Waals surface area contributed by atoms with Crippen LogP contribution < -0.4 is 5.32 Å². The molecule has 0 spiro atoms. The largest absolute Gasteiger partial charge is 0.460 e. The van der Waals surface area contributed by atoms with E-state index in [1.165, 1.54) is 65.2 Å². The zero-order valence-electron chi connectivity index (χ0n) is 15.0. The zero-order chi connectivity index (χ0) is 16.8. The first-order chi connectivity index (χ1) is 10.5. The Morgan fingerprint density at radius 3 is 1.86 bits per heavy atom. The summed E-state index contributed by atoms with van der Waals surface area (Å²) in [5, 5.41) is 2.81. The average Bonchev–Trinajstić information content (AvgIpc) is 2.43. The summed E-state index contributed by atoms with van der Waals surface area (Å²) in [5.74, 6) is -0.366. The molecule has 130 valence electrons. The van der Waals surface area contributed by atoms with Crippen molar-refractivity contribution in [3.63, 3.8) is 0 Å². The second-order valence-corrected chi connectivity index (χ2v) is 6.25. The molecule has 4 heteroatoms. The van der Waals surface area contributed by atoms with E-state index in [9.17, 15) is 9.59 Å². The molecule has 0 aromatic rings. The second-order valence-electron chi connectivity index (χ2n) is 6.25. The number of ether oxygens (including phenoxy) is 1. The lowest BCUT2D eigenvalue weighted by Crippen LogP contribution is -2.42. The predicted molar refractivity (Wildman–Crippen MR) is 90.7 cm³/mol. The molecule has 0 aromatic carbocycles. The van der Waals surface area contributed by atoms with Crippen LogP contribution in [0.3, 0.4) is 0 Å². The number of nitrogens with one attached hydrogen (secondary N) is 1. The van der Waals surface area contributed by atoms with Crippen molar-refractivity contribution in [1.29, 1.82) is 0 Å². The Morgan fingerprint density at radius 1 is 0.909 bits per heavy atom. The molecule has 2 unspecified atom stereocenters. The fraction of sp³-hybridized carbons (Fsp3) is 0.889. The minimum Gasteiger partial charge on any atom is -0.460 e. The van der Waals surface area contributed by atoms with Crippen LogP contribution >= 0.6 is 0 Å². The van der Waals surface area contributed by atoms with Gasteiger partial charge in [0.2, 0.25) is 5.91 Å². The van der Waals surface area contributed by atoms with Crippen molar-refractivity contribution >= 4 is 11.9 Å². The maximum absolute atomic E-state index is 11.2. The molecule has 2 atom stereocenters. The molecule has 0 saturated heterocycles. The number of hydrogen-bond acceptors (Lipinski definition) is 3. The van der Waals surface area contributed by atoms with E-state index in [1.54, 1.807) is 0 Å². The van der Waals surface area contributed by atoms with Gasteiger partial charge in [-0.3, -0.25) is 9.59 Å². The molecule has 0 aromatic heterocycles. The second kappa shape index (κ2) is 13.6. The summed E-state index contributed by atoms with van der Waals surface area (Å²) in [6.07, 6.45) is 12.0. The molecule has 0 radical (unpaired) electrons. The average molecular weight is 313 g/mol. The van der Waals surface area contributed by atoms with Crippen molar-refractivity contribution in [3.05, 3.63) is 0 Å². The molecular formula is C18H35NO3. The van der Waals surface area contributed by atoms with Crippen LogP contribution in [0.25, 0.3) is 0 Å². The number of hydrogen-bond donors (Lipinski definition) is 1. The monoisotopic (exact) mass is 313 g/mol. The Balaban J connectivity index is 3.79. The van der Waals surface area contributed by atoms with Crippen molar-refractivity contribution in [3.8, 4) is 0 Å². The Bertz CT molecular complexity index is 305. The van der Waals surface area contributed by atoms with Gasteiger partial charge < -0.3 is 10.1 Å². The van der Waals surface area contributed by atoms with Crippen LogP contribution in [0.4, 0.5) is 0 Å². The zero-order valence-corrected chi connectivity index (χ0v) is 15.0. The van der Waals surface area contributed by atoms with Crippen LogP contribution in [0, 0.1) is 0 Å². The highest BCUT2D eigenvalue weighted by molar-refractivity contribution is 5.73. The van der Waals surface area contributed by atoms with Gasteiger partial charge in [-0.1, -0.05) is 58.3 Å². The van der Waals surface area contributed by atoms with E-state index >= 15 is 0 Å². The summed E-state index contributed by atoms with van der Waals surface area (Å²) >= 11 is 0. The third-order valence-electron chi connectivity index (χ3n) is 3.90. The number of unbranched alkanes of at least 4 members (excludes halogenated alkanes) is 8. The van der Waals surface area contributed by atoms with Gasteiger partial charge in [0, 0.05) is 13.8 Å². The number of carbonyl (C=O) groups is 2. The summed E-state index contributed by atoms with van der Waals surface area (Å²) in [6, 6.07) is -0.129. The van der Waals surface area contributed by atoms with Crippen LogP contribution in [0.1, 0.15) is 91.9 Å². The fourth-order valence-corrected chi connectivity index (χ4v) is 2.69. The lowest BCUT2D eigenvalue weighted by atomic mass is 10.0. The number of esters is 1. The molecule has 0 aliphatic carbocycles. The van der Waals surface area contributed by atoms with Crippen LogP contribution in [0.5, 0.6) is 0 Å². The van der Waals surface area contributed by atoms with Gasteiger partial charge in [0.1, 0.15) is 6.10 Å². The highest BCUT2D eigenvalue weighted by Crippen LogP contribution is 2.14. The van der Waals surface area contributed by atoms with E-state index in [0.29, 0.717) is 0 Å². The first kappa shape index (κ1) is 20.9. The third-order valence-corrected chi connectivity index (χ3v) is 3.90. The van der Waals surface area contributed by atoms with Gasteiger partial charge >= 0.3 is 5.97 Å². The molecule has 0 bridgehead atoms. The standard InChI is InChI=1S/C18H35NO3/c1-5-6-7-8-9-10-11-12-13-14-18(22-17(4)21)15(2)19-16(3)20/h15,18H,5-14H2,1-4H3,(H,19,20). The lowest BCUT2D eigenvalue weighted by Gasteiger charge is -2.24. The number of carbonyl (C=O) groups excluding carboxylic acids is 2. The van der Waals surface area contributed by atoms with Crippen LogP contribution in [0.15, 0.2) is 0 Å². The van der Waals surface area contributed by atoms with E-state index in [1.807, 2.05) is 6.92 Å². The van der Waals surface area contributed by atoms with Gasteiger partial charge in [0.25, 0.3) is 0 Å². The van der Waals surface area contributed by atoms with Crippen LogP contribution in [-0.4, -0.2) is 24.0 Å². The maximum Gasteiger partial charge on any atom is 0.302 e. The van der Waals surface area contributed by atoms with Gasteiger partial charge in [-0.15, -0.1) is 0 Å². The Kier molecular flexibility index (Phi) is 12.9. The van der Waals surface area contributed by atoms with E-state index < -0.39 is 0 Å². The Hall–Kier alpha value is -1.06. The molecule has 0 fully saturated rings. The smallest absolute Gasteiger partial charge is 0.302 e. The van der Waals surface area contributed by atoms with E-state index in [4.69, 9.17) is 4.74 Å². The van der Waals surface area contributed by atoms with Gasteiger partial charge in [-0.05, 0) is 19.8 Å². The molecule has 0 heterocycles. The number of rotatable bonds is 13. The normalized spacial score (nSPS) is 13.5. The fourth-order valence-electron chi connectivity index (χ4n) is 2.69. The van der Waals surface area contributed by atoms with Crippen molar-refractivity contribution in [2.75, 3.05) is 0 Å². The Morgan fingerprint density at radius 2 is 1.41 bits per heavy atom. The lowest BCUT2D eigenvalue weighted by molar-refractivity contribution is -0.148. The summed E-state index contributed by atoms with van der Waals surface area (Å²) in [4.78, 5) is 22.3. The molecule has 22 heavy (non-hydrogen) atoms. The summed E-state index contributed by atoms with van der Waals surface area (Å²) in [7, 11) is 0. The Labute approximate surface area is 136 Å². The van der Waals surface area contributed by atoms with E-state index in [0.717, 1.165) is 12.8 Å².